The van der Waals surface area contributed by atoms with Crippen molar-refractivity contribution >= 4 is 22.8 Å². The second kappa shape index (κ2) is 7.75. The third-order valence-electron chi connectivity index (χ3n) is 4.23. The fourth-order valence-corrected chi connectivity index (χ4v) is 2.80. The number of para-hydroxylation sites is 2. The minimum atomic E-state index is -0.272. The lowest BCUT2D eigenvalue weighted by Gasteiger charge is -2.08. The van der Waals surface area contributed by atoms with Gasteiger partial charge in [0, 0.05) is 6.54 Å². The third kappa shape index (κ3) is 4.12. The summed E-state index contributed by atoms with van der Waals surface area (Å²) in [7, 11) is 0. The van der Waals surface area contributed by atoms with E-state index in [1.54, 1.807) is 0 Å². The monoisotopic (exact) mass is 334 g/mol. The smallest absolute Gasteiger partial charge is 0.273 e. The van der Waals surface area contributed by atoms with Gasteiger partial charge in [0.05, 0.1) is 11.0 Å². The van der Waals surface area contributed by atoms with Crippen LogP contribution in [0.4, 0.5) is 5.82 Å². The lowest BCUT2D eigenvalue weighted by Crippen LogP contribution is -2.27. The second-order valence-corrected chi connectivity index (χ2v) is 6.09. The number of anilines is 1. The molecule has 3 N–H and O–H groups in total. The van der Waals surface area contributed by atoms with Crippen molar-refractivity contribution in [3.8, 4) is 0 Å². The molecule has 0 fully saturated rings. The molecule has 0 aliphatic rings. The zero-order valence-corrected chi connectivity index (χ0v) is 14.3. The fourth-order valence-electron chi connectivity index (χ4n) is 2.80. The molecule has 0 saturated heterocycles. The molecule has 0 aliphatic carbocycles. The van der Waals surface area contributed by atoms with Crippen LogP contribution in [0, 0.1) is 6.92 Å². The molecule has 0 atom stereocenters. The molecule has 0 spiro atoms. The van der Waals surface area contributed by atoms with Crippen molar-refractivity contribution in [2.75, 3.05) is 12.3 Å². The van der Waals surface area contributed by atoms with Gasteiger partial charge in [-0.1, -0.05) is 36.4 Å². The highest BCUT2D eigenvalue weighted by Crippen LogP contribution is 2.14. The van der Waals surface area contributed by atoms with Gasteiger partial charge in [-0.3, -0.25) is 4.79 Å². The van der Waals surface area contributed by atoms with Gasteiger partial charge in [0.15, 0.2) is 11.5 Å². The summed E-state index contributed by atoms with van der Waals surface area (Å²) in [5, 5.41) is 2.88. The first-order valence-electron chi connectivity index (χ1n) is 8.50. The topological polar surface area (TPSA) is 80.9 Å². The van der Waals surface area contributed by atoms with Crippen molar-refractivity contribution in [1.29, 1.82) is 0 Å². The number of benzene rings is 2. The number of hydrogen-bond donors (Lipinski definition) is 2. The van der Waals surface area contributed by atoms with E-state index >= 15 is 0 Å². The van der Waals surface area contributed by atoms with Gasteiger partial charge >= 0.3 is 0 Å². The molecule has 0 radical (unpaired) electrons. The first-order valence-corrected chi connectivity index (χ1v) is 8.50. The predicted octanol–water partition coefficient (Wildman–Crippen LogP) is 3.27. The second-order valence-electron chi connectivity index (χ2n) is 6.09. The summed E-state index contributed by atoms with van der Waals surface area (Å²) >= 11 is 0. The fraction of sp³-hybridized carbons (Fsp3) is 0.250. The number of unbranched alkanes of at least 4 members (excludes halogenated alkanes) is 1. The molecule has 5 heteroatoms. The summed E-state index contributed by atoms with van der Waals surface area (Å²) in [5.41, 5.74) is 10.1. The number of nitrogen functional groups attached to an aromatic ring is 1. The van der Waals surface area contributed by atoms with Crippen molar-refractivity contribution in [3.05, 3.63) is 65.4 Å². The molecular weight excluding hydrogens is 312 g/mol. The van der Waals surface area contributed by atoms with Gasteiger partial charge in [0.2, 0.25) is 0 Å². The minimum Gasteiger partial charge on any atom is -0.382 e. The van der Waals surface area contributed by atoms with Gasteiger partial charge < -0.3 is 11.1 Å². The Hall–Kier alpha value is -2.95. The molecule has 0 saturated carbocycles. The summed E-state index contributed by atoms with van der Waals surface area (Å²) in [6.07, 6.45) is 2.94. The maximum absolute atomic E-state index is 12.3. The molecule has 0 aliphatic heterocycles. The van der Waals surface area contributed by atoms with Crippen LogP contribution in [0.2, 0.25) is 0 Å². The molecule has 3 aromatic rings. The average Bonchev–Trinajstić information content (AvgIpc) is 2.62. The molecule has 0 unspecified atom stereocenters. The highest BCUT2D eigenvalue weighted by atomic mass is 16.1. The summed E-state index contributed by atoms with van der Waals surface area (Å²) in [4.78, 5) is 20.9. The van der Waals surface area contributed by atoms with Crippen LogP contribution in [0.5, 0.6) is 0 Å². The lowest BCUT2D eigenvalue weighted by atomic mass is 10.0. The Morgan fingerprint density at radius 3 is 2.44 bits per heavy atom. The first kappa shape index (κ1) is 16.9. The Balaban J connectivity index is 1.53. The van der Waals surface area contributed by atoms with Gasteiger partial charge in [-0.2, -0.15) is 0 Å². The summed E-state index contributed by atoms with van der Waals surface area (Å²) < 4.78 is 0. The zero-order chi connectivity index (χ0) is 17.6. The van der Waals surface area contributed by atoms with Crippen LogP contribution in [-0.4, -0.2) is 22.4 Å². The third-order valence-corrected chi connectivity index (χ3v) is 4.23. The van der Waals surface area contributed by atoms with Crippen LogP contribution < -0.4 is 11.1 Å². The molecule has 3 rings (SSSR count). The molecule has 128 valence electrons. The number of hydrogen-bond acceptors (Lipinski definition) is 4. The van der Waals surface area contributed by atoms with Crippen molar-refractivity contribution in [2.45, 2.75) is 26.2 Å². The van der Waals surface area contributed by atoms with E-state index in [0.717, 1.165) is 19.3 Å². The number of nitrogens with zero attached hydrogens (tertiary/aromatic N) is 2. The van der Waals surface area contributed by atoms with E-state index < -0.39 is 0 Å². The lowest BCUT2D eigenvalue weighted by molar-refractivity contribution is 0.0949. The highest BCUT2D eigenvalue weighted by Gasteiger charge is 2.13. The zero-order valence-electron chi connectivity index (χ0n) is 14.3. The molecule has 0 bridgehead atoms. The van der Waals surface area contributed by atoms with Gasteiger partial charge in [-0.05, 0) is 49.4 Å². The van der Waals surface area contributed by atoms with Crippen molar-refractivity contribution in [1.82, 2.24) is 15.3 Å². The van der Waals surface area contributed by atoms with Crippen molar-refractivity contribution < 1.29 is 4.79 Å². The molecule has 2 aromatic carbocycles. The molecular formula is C20H22N4O. The standard InChI is InChI=1S/C20H22N4O/c1-14-8-2-3-9-15(14)10-6-7-13-22-20(25)18-19(21)24-17-12-5-4-11-16(17)23-18/h2-5,8-9,11-12H,6-7,10,13H2,1H3,(H2,21,24)(H,22,25). The molecule has 25 heavy (non-hydrogen) atoms. The minimum absolute atomic E-state index is 0.163. The van der Waals surface area contributed by atoms with Gasteiger partial charge in [0.1, 0.15) is 0 Å². The average molecular weight is 334 g/mol. The van der Waals surface area contributed by atoms with Gasteiger partial charge in [-0.25, -0.2) is 9.97 Å². The maximum atomic E-state index is 12.3. The highest BCUT2D eigenvalue weighted by molar-refractivity contribution is 5.98. The number of aryl methyl sites for hydroxylation is 2. The van der Waals surface area contributed by atoms with Crippen LogP contribution in [0.15, 0.2) is 48.5 Å². The van der Waals surface area contributed by atoms with E-state index in [0.29, 0.717) is 17.6 Å². The Morgan fingerprint density at radius 2 is 1.68 bits per heavy atom. The van der Waals surface area contributed by atoms with Crippen LogP contribution in [0.3, 0.4) is 0 Å². The van der Waals surface area contributed by atoms with Gasteiger partial charge in [-0.15, -0.1) is 0 Å². The quantitative estimate of drug-likeness (QED) is 0.678. The van der Waals surface area contributed by atoms with Crippen LogP contribution in [0.25, 0.3) is 11.0 Å². The van der Waals surface area contributed by atoms with Crippen LogP contribution in [-0.2, 0) is 6.42 Å². The van der Waals surface area contributed by atoms with Crippen molar-refractivity contribution in [2.24, 2.45) is 0 Å². The predicted molar refractivity (Wildman–Crippen MR) is 100 cm³/mol. The van der Waals surface area contributed by atoms with Crippen LogP contribution in [0.1, 0.15) is 34.5 Å². The summed E-state index contributed by atoms with van der Waals surface area (Å²) in [5.74, 6) is -0.109. The van der Waals surface area contributed by atoms with Crippen LogP contribution >= 0.6 is 0 Å². The number of fused-ring (bicyclic) bond motifs is 1. The number of aromatic nitrogens is 2. The van der Waals surface area contributed by atoms with E-state index in [2.05, 4.69) is 40.4 Å². The number of carbonyl (C=O) groups is 1. The van der Waals surface area contributed by atoms with E-state index in [1.165, 1.54) is 11.1 Å². The van der Waals surface area contributed by atoms with Gasteiger partial charge in [0.25, 0.3) is 5.91 Å². The largest absolute Gasteiger partial charge is 0.382 e. The molecule has 1 heterocycles. The van der Waals surface area contributed by atoms with Crippen molar-refractivity contribution in [3.63, 3.8) is 0 Å². The first-order chi connectivity index (χ1) is 12.1. The number of amides is 1. The SMILES string of the molecule is Cc1ccccc1CCCCNC(=O)c1nc2ccccc2nc1N. The molecule has 1 aromatic heterocycles. The van der Waals surface area contributed by atoms with E-state index in [4.69, 9.17) is 5.73 Å². The van der Waals surface area contributed by atoms with E-state index in [-0.39, 0.29) is 17.4 Å². The Bertz CT molecular complexity index is 892. The number of nitrogens with one attached hydrogen (secondary N) is 1. The van der Waals surface area contributed by atoms with E-state index in [9.17, 15) is 4.79 Å². The summed E-state index contributed by atoms with van der Waals surface area (Å²) in [6.45, 7) is 2.72. The molecule has 1 amide bonds. The maximum Gasteiger partial charge on any atom is 0.273 e. The molecule has 5 nitrogen and oxygen atoms in total. The Labute approximate surface area is 147 Å². The normalized spacial score (nSPS) is 10.8. The Morgan fingerprint density at radius 1 is 1.00 bits per heavy atom. The number of carbonyl (C=O) groups excluding carboxylic acids is 1. The number of rotatable bonds is 6. The van der Waals surface area contributed by atoms with E-state index in [1.807, 2.05) is 30.3 Å². The summed E-state index contributed by atoms with van der Waals surface area (Å²) in [6, 6.07) is 15.8. The Kier molecular flexibility index (Phi) is 5.23. The number of nitrogens with two attached hydrogens (primary N) is 1.